The molecule has 0 radical (unpaired) electrons. The summed E-state index contributed by atoms with van der Waals surface area (Å²) in [5, 5.41) is 18.4. The molecule has 0 heterocycles. The molecule has 2 N–H and O–H groups in total. The van der Waals surface area contributed by atoms with Gasteiger partial charge in [0, 0.05) is 25.6 Å². The second-order valence-corrected chi connectivity index (χ2v) is 5.12. The van der Waals surface area contributed by atoms with Crippen LogP contribution in [0.2, 0.25) is 0 Å². The highest BCUT2D eigenvalue weighted by Gasteiger charge is 2.17. The summed E-state index contributed by atoms with van der Waals surface area (Å²) in [6, 6.07) is 20.8. The average molecular weight is 322 g/mol. The smallest absolute Gasteiger partial charge is 0.0558 e. The van der Waals surface area contributed by atoms with Gasteiger partial charge in [0.05, 0.1) is 13.2 Å². The Morgan fingerprint density at radius 3 is 1.50 bits per heavy atom. The SMILES string of the molecule is Cl.OCCN(CCO)CC(c1ccccc1)c1ccccc1. The molecule has 0 atom stereocenters. The molecule has 2 rings (SSSR count). The predicted octanol–water partition coefficient (Wildman–Crippen LogP) is 2.53. The third-order valence-electron chi connectivity index (χ3n) is 3.68. The highest BCUT2D eigenvalue weighted by Crippen LogP contribution is 2.25. The van der Waals surface area contributed by atoms with Gasteiger partial charge < -0.3 is 10.2 Å². The Morgan fingerprint density at radius 1 is 0.727 bits per heavy atom. The molecule has 0 aliphatic heterocycles. The first-order valence-electron chi connectivity index (χ1n) is 7.39. The second-order valence-electron chi connectivity index (χ2n) is 5.12. The van der Waals surface area contributed by atoms with Crippen molar-refractivity contribution < 1.29 is 10.2 Å². The lowest BCUT2D eigenvalue weighted by atomic mass is 9.91. The number of nitrogens with zero attached hydrogens (tertiary/aromatic N) is 1. The van der Waals surface area contributed by atoms with Gasteiger partial charge >= 0.3 is 0 Å². The number of aliphatic hydroxyl groups excluding tert-OH is 2. The van der Waals surface area contributed by atoms with Crippen molar-refractivity contribution in [2.45, 2.75) is 5.92 Å². The highest BCUT2D eigenvalue weighted by molar-refractivity contribution is 5.85. The molecule has 0 aromatic heterocycles. The number of hydrogen-bond donors (Lipinski definition) is 2. The number of aliphatic hydroxyl groups is 2. The lowest BCUT2D eigenvalue weighted by Gasteiger charge is -2.27. The summed E-state index contributed by atoms with van der Waals surface area (Å²) in [6.07, 6.45) is 0. The number of benzene rings is 2. The fraction of sp³-hybridized carbons (Fsp3) is 0.333. The Bertz CT molecular complexity index is 462. The van der Waals surface area contributed by atoms with E-state index in [1.807, 2.05) is 36.4 Å². The van der Waals surface area contributed by atoms with Crippen LogP contribution in [-0.4, -0.2) is 48.0 Å². The first kappa shape index (κ1) is 18.7. The van der Waals surface area contributed by atoms with Crippen LogP contribution < -0.4 is 0 Å². The van der Waals surface area contributed by atoms with Crippen molar-refractivity contribution in [2.24, 2.45) is 0 Å². The maximum absolute atomic E-state index is 9.19. The molecule has 2 aromatic carbocycles. The van der Waals surface area contributed by atoms with Gasteiger partial charge in [0.2, 0.25) is 0 Å². The lowest BCUT2D eigenvalue weighted by molar-refractivity contribution is 0.158. The molecule has 0 spiro atoms. The van der Waals surface area contributed by atoms with Gasteiger partial charge in [-0.15, -0.1) is 12.4 Å². The standard InChI is InChI=1S/C18H23NO2.ClH/c20-13-11-19(12-14-21)15-18(16-7-3-1-4-8-16)17-9-5-2-6-10-17;/h1-10,18,20-21H,11-15H2;1H. The van der Waals surface area contributed by atoms with Gasteiger partial charge in [0.25, 0.3) is 0 Å². The third-order valence-corrected chi connectivity index (χ3v) is 3.68. The fourth-order valence-electron chi connectivity index (χ4n) is 2.61. The van der Waals surface area contributed by atoms with E-state index in [1.54, 1.807) is 0 Å². The molecule has 0 aliphatic carbocycles. The summed E-state index contributed by atoms with van der Waals surface area (Å²) < 4.78 is 0. The van der Waals surface area contributed by atoms with Crippen LogP contribution >= 0.6 is 12.4 Å². The van der Waals surface area contributed by atoms with Crippen LogP contribution in [0.15, 0.2) is 60.7 Å². The maximum Gasteiger partial charge on any atom is 0.0558 e. The van der Waals surface area contributed by atoms with Crippen LogP contribution in [0.5, 0.6) is 0 Å². The zero-order valence-corrected chi connectivity index (χ0v) is 13.5. The molecule has 0 saturated heterocycles. The van der Waals surface area contributed by atoms with Crippen molar-refractivity contribution in [1.29, 1.82) is 0 Å². The molecule has 0 fully saturated rings. The van der Waals surface area contributed by atoms with E-state index in [1.165, 1.54) is 11.1 Å². The minimum Gasteiger partial charge on any atom is -0.395 e. The minimum atomic E-state index is 0. The molecule has 4 heteroatoms. The Hall–Kier alpha value is -1.39. The molecule has 3 nitrogen and oxygen atoms in total. The van der Waals surface area contributed by atoms with E-state index in [0.29, 0.717) is 13.1 Å². The van der Waals surface area contributed by atoms with Crippen molar-refractivity contribution in [1.82, 2.24) is 4.90 Å². The largest absolute Gasteiger partial charge is 0.395 e. The van der Waals surface area contributed by atoms with Gasteiger partial charge in [-0.1, -0.05) is 60.7 Å². The number of rotatable bonds is 8. The Labute approximate surface area is 138 Å². The minimum absolute atomic E-state index is 0. The predicted molar refractivity (Wildman–Crippen MR) is 92.6 cm³/mol. The second kappa shape index (κ2) is 10.4. The van der Waals surface area contributed by atoms with Crippen LogP contribution in [0, 0.1) is 0 Å². The Balaban J connectivity index is 0.00000242. The summed E-state index contributed by atoms with van der Waals surface area (Å²) in [4.78, 5) is 2.10. The zero-order valence-electron chi connectivity index (χ0n) is 12.6. The van der Waals surface area contributed by atoms with Crippen molar-refractivity contribution in [3.8, 4) is 0 Å². The van der Waals surface area contributed by atoms with Gasteiger partial charge in [-0.2, -0.15) is 0 Å². The van der Waals surface area contributed by atoms with E-state index in [4.69, 9.17) is 0 Å². The van der Waals surface area contributed by atoms with E-state index in [0.717, 1.165) is 6.54 Å². The normalized spacial score (nSPS) is 10.7. The maximum atomic E-state index is 9.19. The molecule has 120 valence electrons. The van der Waals surface area contributed by atoms with Crippen LogP contribution in [0.1, 0.15) is 17.0 Å². The van der Waals surface area contributed by atoms with Gasteiger partial charge in [-0.3, -0.25) is 4.90 Å². The van der Waals surface area contributed by atoms with Crippen LogP contribution in [0.25, 0.3) is 0 Å². The monoisotopic (exact) mass is 321 g/mol. The van der Waals surface area contributed by atoms with Gasteiger partial charge in [-0.05, 0) is 11.1 Å². The van der Waals surface area contributed by atoms with Crippen molar-refractivity contribution in [3.63, 3.8) is 0 Å². The topological polar surface area (TPSA) is 43.7 Å². The number of hydrogen-bond acceptors (Lipinski definition) is 3. The van der Waals surface area contributed by atoms with E-state index >= 15 is 0 Å². The Kier molecular flexibility index (Phi) is 8.78. The zero-order chi connectivity index (χ0) is 14.9. The van der Waals surface area contributed by atoms with Crippen molar-refractivity contribution >= 4 is 12.4 Å². The van der Waals surface area contributed by atoms with Crippen molar-refractivity contribution in [3.05, 3.63) is 71.8 Å². The first-order chi connectivity index (χ1) is 10.3. The Morgan fingerprint density at radius 2 is 1.14 bits per heavy atom. The molecule has 22 heavy (non-hydrogen) atoms. The van der Waals surface area contributed by atoms with E-state index in [9.17, 15) is 10.2 Å². The highest BCUT2D eigenvalue weighted by atomic mass is 35.5. The van der Waals surface area contributed by atoms with E-state index in [2.05, 4.69) is 29.2 Å². The van der Waals surface area contributed by atoms with Crippen molar-refractivity contribution in [2.75, 3.05) is 32.8 Å². The molecular weight excluding hydrogens is 298 g/mol. The fourth-order valence-corrected chi connectivity index (χ4v) is 2.61. The van der Waals surface area contributed by atoms with Gasteiger partial charge in [0.15, 0.2) is 0 Å². The summed E-state index contributed by atoms with van der Waals surface area (Å²) in [5.74, 6) is 0.241. The summed E-state index contributed by atoms with van der Waals surface area (Å²) in [7, 11) is 0. The van der Waals surface area contributed by atoms with Crippen LogP contribution in [0.3, 0.4) is 0 Å². The van der Waals surface area contributed by atoms with Gasteiger partial charge in [0.1, 0.15) is 0 Å². The van der Waals surface area contributed by atoms with Crippen LogP contribution in [-0.2, 0) is 0 Å². The quantitative estimate of drug-likeness (QED) is 0.785. The summed E-state index contributed by atoms with van der Waals surface area (Å²) >= 11 is 0. The van der Waals surface area contributed by atoms with Gasteiger partial charge in [-0.25, -0.2) is 0 Å². The molecule has 0 saturated carbocycles. The summed E-state index contributed by atoms with van der Waals surface area (Å²) in [6.45, 7) is 2.16. The van der Waals surface area contributed by atoms with E-state index in [-0.39, 0.29) is 31.5 Å². The molecule has 0 unspecified atom stereocenters. The number of halogens is 1. The first-order valence-corrected chi connectivity index (χ1v) is 7.39. The lowest BCUT2D eigenvalue weighted by Crippen LogP contribution is -2.34. The molecule has 0 aliphatic rings. The van der Waals surface area contributed by atoms with Crippen LogP contribution in [0.4, 0.5) is 0 Å². The molecular formula is C18H24ClNO2. The molecule has 2 aromatic rings. The average Bonchev–Trinajstić information content (AvgIpc) is 2.54. The molecule has 0 amide bonds. The molecule has 0 bridgehead atoms. The summed E-state index contributed by atoms with van der Waals surface area (Å²) in [5.41, 5.74) is 2.51. The van der Waals surface area contributed by atoms with E-state index < -0.39 is 0 Å². The third kappa shape index (κ3) is 5.43.